The van der Waals surface area contributed by atoms with Crippen molar-refractivity contribution in [2.45, 2.75) is 45.3 Å². The first-order valence-corrected chi connectivity index (χ1v) is 8.56. The van der Waals surface area contributed by atoms with Gasteiger partial charge in [-0.1, -0.05) is 0 Å². The molecule has 0 aliphatic rings. The van der Waals surface area contributed by atoms with E-state index in [-0.39, 0.29) is 17.8 Å². The minimum atomic E-state index is -1.65. The van der Waals surface area contributed by atoms with E-state index in [1.54, 1.807) is 11.3 Å². The maximum Gasteiger partial charge on any atom is 0.228 e. The number of halogens is 2. The molecule has 0 radical (unpaired) electrons. The van der Waals surface area contributed by atoms with Crippen LogP contribution in [0.5, 0.6) is 0 Å². The summed E-state index contributed by atoms with van der Waals surface area (Å²) >= 11 is 5.18. The highest BCUT2D eigenvalue weighted by atomic mass is 79.9. The minimum Gasteiger partial charge on any atom is -0.368 e. The fraction of sp³-hybridized carbons (Fsp3) is 0.500. The van der Waals surface area contributed by atoms with Gasteiger partial charge in [0.2, 0.25) is 11.9 Å². The van der Waals surface area contributed by atoms with Crippen molar-refractivity contribution in [3.8, 4) is 0 Å². The lowest BCUT2D eigenvalue weighted by molar-refractivity contribution is 0.206. The van der Waals surface area contributed by atoms with Gasteiger partial charge in [-0.25, -0.2) is 4.39 Å². The summed E-state index contributed by atoms with van der Waals surface area (Å²) in [5.41, 5.74) is 3.97. The quantitative estimate of drug-likeness (QED) is 0.785. The molecule has 2 rings (SSSR count). The van der Waals surface area contributed by atoms with Crippen LogP contribution < -0.4 is 11.1 Å². The Labute approximate surface area is 141 Å². The molecule has 3 N–H and O–H groups in total. The predicted octanol–water partition coefficient (Wildman–Crippen LogP) is 3.92. The lowest BCUT2D eigenvalue weighted by atomic mass is 10.1. The maximum atomic E-state index is 14.0. The molecule has 0 aliphatic heterocycles. The van der Waals surface area contributed by atoms with Crippen molar-refractivity contribution in [2.75, 3.05) is 11.1 Å². The molecule has 120 valence electrons. The molecule has 0 fully saturated rings. The van der Waals surface area contributed by atoms with Crippen molar-refractivity contribution in [2.24, 2.45) is 0 Å². The summed E-state index contributed by atoms with van der Waals surface area (Å²) in [5.74, 6) is 0.373. The van der Waals surface area contributed by atoms with E-state index < -0.39 is 5.67 Å². The van der Waals surface area contributed by atoms with Crippen molar-refractivity contribution in [3.63, 3.8) is 0 Å². The summed E-state index contributed by atoms with van der Waals surface area (Å²) in [6, 6.07) is 4.28. The number of aryl methyl sites for hydroxylation is 1. The van der Waals surface area contributed by atoms with Crippen LogP contribution in [-0.4, -0.2) is 21.0 Å². The second-order valence-corrected chi connectivity index (χ2v) is 8.15. The number of hydrogen-bond donors (Lipinski definition) is 2. The molecule has 0 spiro atoms. The smallest absolute Gasteiger partial charge is 0.228 e. The topological polar surface area (TPSA) is 76.7 Å². The first-order chi connectivity index (χ1) is 10.2. The molecular weight excluding hydrogens is 369 g/mol. The van der Waals surface area contributed by atoms with Crippen molar-refractivity contribution >= 4 is 39.2 Å². The van der Waals surface area contributed by atoms with Crippen LogP contribution >= 0.6 is 27.3 Å². The van der Waals surface area contributed by atoms with Crippen molar-refractivity contribution in [1.29, 1.82) is 0 Å². The van der Waals surface area contributed by atoms with E-state index in [1.165, 1.54) is 18.7 Å². The van der Waals surface area contributed by atoms with Gasteiger partial charge in [0, 0.05) is 10.9 Å². The maximum absolute atomic E-state index is 14.0. The molecule has 2 aromatic heterocycles. The average Bonchev–Trinajstić information content (AvgIpc) is 2.80. The molecule has 22 heavy (non-hydrogen) atoms. The van der Waals surface area contributed by atoms with Crippen LogP contribution in [0, 0.1) is 0 Å². The Bertz CT molecular complexity index is 640. The highest BCUT2D eigenvalue weighted by Crippen LogP contribution is 2.24. The van der Waals surface area contributed by atoms with E-state index in [4.69, 9.17) is 5.73 Å². The highest BCUT2D eigenvalue weighted by Gasteiger charge is 2.24. The van der Waals surface area contributed by atoms with Crippen LogP contribution in [0.1, 0.15) is 37.9 Å². The summed E-state index contributed by atoms with van der Waals surface area (Å²) in [5, 5.41) is 3.16. The van der Waals surface area contributed by atoms with Crippen LogP contribution in [-0.2, 0) is 12.1 Å². The van der Waals surface area contributed by atoms with Gasteiger partial charge in [0.25, 0.3) is 0 Å². The molecule has 0 saturated heterocycles. The standard InChI is InChI=1S/C14H19BrFN5S/c1-8(4-5-9-6-7-10(15)22-9)18-13-20-11(14(2,3)16)19-12(17)21-13/h6-8H,4-5H2,1-3H3,(H3,17,18,19,20,21). The Morgan fingerprint density at radius 1 is 1.36 bits per heavy atom. The number of nitrogens with one attached hydrogen (secondary N) is 1. The number of aromatic nitrogens is 3. The fourth-order valence-electron chi connectivity index (χ4n) is 1.86. The predicted molar refractivity (Wildman–Crippen MR) is 91.8 cm³/mol. The van der Waals surface area contributed by atoms with Gasteiger partial charge >= 0.3 is 0 Å². The van der Waals surface area contributed by atoms with Gasteiger partial charge in [-0.2, -0.15) is 15.0 Å². The lowest BCUT2D eigenvalue weighted by Gasteiger charge is -2.17. The number of thiophene rings is 1. The van der Waals surface area contributed by atoms with Gasteiger partial charge in [0.15, 0.2) is 11.5 Å². The Balaban J connectivity index is 1.99. The molecule has 8 heteroatoms. The van der Waals surface area contributed by atoms with E-state index in [0.29, 0.717) is 5.95 Å². The molecule has 0 bridgehead atoms. The third kappa shape index (κ3) is 4.88. The average molecular weight is 388 g/mol. The number of nitrogen functional groups attached to an aromatic ring is 1. The monoisotopic (exact) mass is 387 g/mol. The minimum absolute atomic E-state index is 0.0209. The number of hydrogen-bond acceptors (Lipinski definition) is 6. The molecule has 0 aromatic carbocycles. The van der Waals surface area contributed by atoms with Crippen LogP contribution in [0.4, 0.5) is 16.3 Å². The van der Waals surface area contributed by atoms with Crippen molar-refractivity contribution in [3.05, 3.63) is 26.6 Å². The molecule has 5 nitrogen and oxygen atoms in total. The summed E-state index contributed by atoms with van der Waals surface area (Å²) in [4.78, 5) is 13.3. The Kier molecular flexibility index (Phi) is 5.33. The van der Waals surface area contributed by atoms with Crippen LogP contribution in [0.2, 0.25) is 0 Å². The van der Waals surface area contributed by atoms with Gasteiger partial charge in [-0.15, -0.1) is 11.3 Å². The molecule has 0 amide bonds. The first kappa shape index (κ1) is 17.1. The lowest BCUT2D eigenvalue weighted by Crippen LogP contribution is -2.22. The molecule has 2 aromatic rings. The van der Waals surface area contributed by atoms with Gasteiger partial charge < -0.3 is 11.1 Å². The van der Waals surface area contributed by atoms with Gasteiger partial charge in [-0.05, 0) is 61.7 Å². The summed E-state index contributed by atoms with van der Waals surface area (Å²) in [7, 11) is 0. The third-order valence-electron chi connectivity index (χ3n) is 3.01. The van der Waals surface area contributed by atoms with E-state index in [9.17, 15) is 4.39 Å². The molecule has 1 atom stereocenters. The van der Waals surface area contributed by atoms with Crippen LogP contribution in [0.3, 0.4) is 0 Å². The van der Waals surface area contributed by atoms with E-state index in [0.717, 1.165) is 16.6 Å². The molecule has 2 heterocycles. The summed E-state index contributed by atoms with van der Waals surface area (Å²) in [6.07, 6.45) is 1.86. The fourth-order valence-corrected chi connectivity index (χ4v) is 3.36. The normalized spacial score (nSPS) is 13.1. The number of anilines is 2. The second-order valence-electron chi connectivity index (χ2n) is 5.60. The summed E-state index contributed by atoms with van der Waals surface area (Å²) in [6.45, 7) is 4.82. The number of rotatable bonds is 6. The Morgan fingerprint density at radius 2 is 2.09 bits per heavy atom. The van der Waals surface area contributed by atoms with Crippen LogP contribution in [0.25, 0.3) is 0 Å². The Hall–Kier alpha value is -1.28. The number of alkyl halides is 1. The zero-order valence-corrected chi connectivity index (χ0v) is 15.1. The molecule has 1 unspecified atom stereocenters. The molecular formula is C14H19BrFN5S. The number of nitrogens with zero attached hydrogens (tertiary/aromatic N) is 3. The largest absolute Gasteiger partial charge is 0.368 e. The summed E-state index contributed by atoms with van der Waals surface area (Å²) < 4.78 is 15.1. The SMILES string of the molecule is CC(CCc1ccc(Br)s1)Nc1nc(N)nc(C(C)(C)F)n1. The van der Waals surface area contributed by atoms with E-state index in [2.05, 4.69) is 42.3 Å². The first-order valence-electron chi connectivity index (χ1n) is 6.96. The van der Waals surface area contributed by atoms with Crippen molar-refractivity contribution < 1.29 is 4.39 Å². The van der Waals surface area contributed by atoms with Gasteiger partial charge in [0.1, 0.15) is 0 Å². The number of nitrogens with two attached hydrogens (primary N) is 1. The molecule has 0 aliphatic carbocycles. The van der Waals surface area contributed by atoms with Gasteiger partial charge in [0.05, 0.1) is 3.79 Å². The highest BCUT2D eigenvalue weighted by molar-refractivity contribution is 9.11. The zero-order chi connectivity index (χ0) is 16.3. The van der Waals surface area contributed by atoms with Gasteiger partial charge in [-0.3, -0.25) is 0 Å². The molecule has 0 saturated carbocycles. The van der Waals surface area contributed by atoms with Crippen molar-refractivity contribution in [1.82, 2.24) is 15.0 Å². The zero-order valence-electron chi connectivity index (χ0n) is 12.7. The van der Waals surface area contributed by atoms with E-state index >= 15 is 0 Å². The Morgan fingerprint density at radius 3 is 2.68 bits per heavy atom. The van der Waals surface area contributed by atoms with E-state index in [1.807, 2.05) is 13.0 Å². The third-order valence-corrected chi connectivity index (χ3v) is 4.70. The second kappa shape index (κ2) is 6.87. The van der Waals surface area contributed by atoms with Crippen LogP contribution in [0.15, 0.2) is 15.9 Å².